The number of benzene rings is 1. The van der Waals surface area contributed by atoms with Crippen molar-refractivity contribution >= 4 is 27.5 Å². The van der Waals surface area contributed by atoms with Crippen LogP contribution in [-0.2, 0) is 13.0 Å². The van der Waals surface area contributed by atoms with Crippen molar-refractivity contribution in [1.82, 2.24) is 9.55 Å². The lowest BCUT2D eigenvalue weighted by atomic mass is 9.98. The van der Waals surface area contributed by atoms with Crippen LogP contribution in [0, 0.1) is 0 Å². The van der Waals surface area contributed by atoms with Gasteiger partial charge in [-0.3, -0.25) is 4.57 Å². The van der Waals surface area contributed by atoms with Crippen molar-refractivity contribution in [2.24, 2.45) is 0 Å². The van der Waals surface area contributed by atoms with E-state index in [9.17, 15) is 4.79 Å². The summed E-state index contributed by atoms with van der Waals surface area (Å²) in [5.41, 5.74) is 2.85. The van der Waals surface area contributed by atoms with Crippen molar-refractivity contribution in [3.8, 4) is 11.3 Å². The van der Waals surface area contributed by atoms with Gasteiger partial charge < -0.3 is 0 Å². The first-order chi connectivity index (χ1) is 8.15. The van der Waals surface area contributed by atoms with Crippen LogP contribution in [0.2, 0.25) is 5.15 Å². The minimum atomic E-state index is -0.277. The summed E-state index contributed by atoms with van der Waals surface area (Å²) in [4.78, 5) is 15.5. The summed E-state index contributed by atoms with van der Waals surface area (Å²) >= 11 is 9.30. The van der Waals surface area contributed by atoms with Crippen molar-refractivity contribution in [2.75, 3.05) is 0 Å². The fourth-order valence-electron chi connectivity index (χ4n) is 2.17. The summed E-state index contributed by atoms with van der Waals surface area (Å²) in [6.07, 6.45) is 0.838. The van der Waals surface area contributed by atoms with E-state index in [1.807, 2.05) is 12.1 Å². The highest BCUT2D eigenvalue weighted by atomic mass is 79.9. The Morgan fingerprint density at radius 2 is 2.18 bits per heavy atom. The Balaban J connectivity index is 2.33. The molecule has 3 rings (SSSR count). The third-order valence-corrected chi connectivity index (χ3v) is 3.61. The van der Waals surface area contributed by atoms with Crippen LogP contribution in [-0.4, -0.2) is 9.55 Å². The fourth-order valence-corrected chi connectivity index (χ4v) is 2.75. The molecular weight excluding hydrogens is 304 g/mol. The maximum atomic E-state index is 11.7. The molecule has 0 spiro atoms. The zero-order chi connectivity index (χ0) is 12.0. The summed E-state index contributed by atoms with van der Waals surface area (Å²) < 4.78 is 2.72. The zero-order valence-corrected chi connectivity index (χ0v) is 11.1. The Labute approximate surface area is 111 Å². The van der Waals surface area contributed by atoms with Crippen molar-refractivity contribution in [2.45, 2.75) is 13.0 Å². The molecular formula is C12H8BrClN2O. The number of halogens is 2. The van der Waals surface area contributed by atoms with E-state index >= 15 is 0 Å². The molecule has 2 aromatic rings. The number of rotatable bonds is 0. The quantitative estimate of drug-likeness (QED) is 0.701. The maximum absolute atomic E-state index is 11.7. The summed E-state index contributed by atoms with van der Waals surface area (Å²) in [6, 6.07) is 7.79. The Bertz CT molecular complexity index is 666. The molecule has 86 valence electrons. The number of fused-ring (bicyclic) bond motifs is 3. The SMILES string of the molecule is O=c1nc(Cl)cc2n1CCc1cc(Br)ccc1-2. The molecule has 0 atom stereocenters. The molecule has 0 amide bonds. The molecule has 0 fully saturated rings. The van der Waals surface area contributed by atoms with Gasteiger partial charge in [-0.2, -0.15) is 4.98 Å². The third kappa shape index (κ3) is 1.81. The highest BCUT2D eigenvalue weighted by Crippen LogP contribution is 2.30. The molecule has 5 heteroatoms. The molecule has 0 bridgehead atoms. The molecule has 0 unspecified atom stereocenters. The van der Waals surface area contributed by atoms with Gasteiger partial charge in [0.1, 0.15) is 5.15 Å². The largest absolute Gasteiger partial charge is 0.349 e. The van der Waals surface area contributed by atoms with Crippen molar-refractivity contribution in [3.05, 3.63) is 49.9 Å². The Morgan fingerprint density at radius 1 is 1.35 bits per heavy atom. The van der Waals surface area contributed by atoms with Crippen LogP contribution < -0.4 is 5.69 Å². The maximum Gasteiger partial charge on any atom is 0.349 e. The first-order valence-electron chi connectivity index (χ1n) is 5.21. The van der Waals surface area contributed by atoms with Gasteiger partial charge in [0.2, 0.25) is 0 Å². The molecule has 17 heavy (non-hydrogen) atoms. The molecule has 1 aromatic heterocycles. The fraction of sp³-hybridized carbons (Fsp3) is 0.167. The van der Waals surface area contributed by atoms with Crippen LogP contribution in [0.5, 0.6) is 0 Å². The number of hydrogen-bond donors (Lipinski definition) is 0. The van der Waals surface area contributed by atoms with Gasteiger partial charge in [0.25, 0.3) is 0 Å². The number of hydrogen-bond acceptors (Lipinski definition) is 2. The normalized spacial score (nSPS) is 13.1. The highest BCUT2D eigenvalue weighted by molar-refractivity contribution is 9.10. The smallest absolute Gasteiger partial charge is 0.291 e. The van der Waals surface area contributed by atoms with Crippen LogP contribution in [0.25, 0.3) is 11.3 Å². The summed E-state index contributed by atoms with van der Waals surface area (Å²) in [5.74, 6) is 0. The molecule has 0 N–H and O–H groups in total. The minimum Gasteiger partial charge on any atom is -0.291 e. The van der Waals surface area contributed by atoms with E-state index in [-0.39, 0.29) is 10.8 Å². The van der Waals surface area contributed by atoms with E-state index in [0.29, 0.717) is 6.54 Å². The Kier molecular flexibility index (Phi) is 2.56. The molecule has 1 aromatic carbocycles. The molecule has 1 aliphatic rings. The Morgan fingerprint density at radius 3 is 3.00 bits per heavy atom. The first-order valence-corrected chi connectivity index (χ1v) is 6.38. The minimum absolute atomic E-state index is 0.247. The van der Waals surface area contributed by atoms with E-state index in [1.165, 1.54) is 5.56 Å². The van der Waals surface area contributed by atoms with Crippen LogP contribution >= 0.6 is 27.5 Å². The van der Waals surface area contributed by atoms with Gasteiger partial charge in [-0.05, 0) is 24.1 Å². The van der Waals surface area contributed by atoms with Gasteiger partial charge in [0.05, 0.1) is 5.69 Å². The van der Waals surface area contributed by atoms with Crippen LogP contribution in [0.1, 0.15) is 5.56 Å². The number of aryl methyl sites for hydroxylation is 1. The summed E-state index contributed by atoms with van der Waals surface area (Å²) in [6.45, 7) is 0.655. The lowest BCUT2D eigenvalue weighted by Gasteiger charge is -2.21. The van der Waals surface area contributed by atoms with Gasteiger partial charge in [-0.25, -0.2) is 4.79 Å². The lowest BCUT2D eigenvalue weighted by Crippen LogP contribution is -2.28. The second-order valence-electron chi connectivity index (χ2n) is 3.95. The predicted molar refractivity (Wildman–Crippen MR) is 70.3 cm³/mol. The second-order valence-corrected chi connectivity index (χ2v) is 5.25. The van der Waals surface area contributed by atoms with Gasteiger partial charge in [0, 0.05) is 22.6 Å². The van der Waals surface area contributed by atoms with Gasteiger partial charge in [-0.15, -0.1) is 0 Å². The Hall–Kier alpha value is -1.13. The summed E-state index contributed by atoms with van der Waals surface area (Å²) in [5, 5.41) is 0.247. The molecule has 2 heterocycles. The molecule has 1 aliphatic heterocycles. The van der Waals surface area contributed by atoms with Crippen molar-refractivity contribution < 1.29 is 0 Å². The van der Waals surface area contributed by atoms with E-state index in [2.05, 4.69) is 27.0 Å². The second kappa shape index (κ2) is 3.96. The zero-order valence-electron chi connectivity index (χ0n) is 8.78. The van der Waals surface area contributed by atoms with Gasteiger partial charge in [-0.1, -0.05) is 33.6 Å². The van der Waals surface area contributed by atoms with E-state index in [4.69, 9.17) is 11.6 Å². The van der Waals surface area contributed by atoms with Crippen molar-refractivity contribution in [1.29, 1.82) is 0 Å². The van der Waals surface area contributed by atoms with Crippen molar-refractivity contribution in [3.63, 3.8) is 0 Å². The number of nitrogens with zero attached hydrogens (tertiary/aromatic N) is 2. The van der Waals surface area contributed by atoms with Crippen LogP contribution in [0.3, 0.4) is 0 Å². The highest BCUT2D eigenvalue weighted by Gasteiger charge is 2.18. The van der Waals surface area contributed by atoms with Crippen LogP contribution in [0.4, 0.5) is 0 Å². The predicted octanol–water partition coefficient (Wildman–Crippen LogP) is 2.88. The summed E-state index contributed by atoms with van der Waals surface area (Å²) in [7, 11) is 0. The molecule has 3 nitrogen and oxygen atoms in total. The average molecular weight is 312 g/mol. The van der Waals surface area contributed by atoms with Crippen LogP contribution in [0.15, 0.2) is 33.5 Å². The topological polar surface area (TPSA) is 34.9 Å². The average Bonchev–Trinajstić information content (AvgIpc) is 2.27. The molecule has 0 radical (unpaired) electrons. The molecule has 0 aliphatic carbocycles. The van der Waals surface area contributed by atoms with E-state index in [1.54, 1.807) is 10.6 Å². The molecule has 0 saturated heterocycles. The van der Waals surface area contributed by atoms with E-state index < -0.39 is 0 Å². The lowest BCUT2D eigenvalue weighted by molar-refractivity contribution is 0.640. The van der Waals surface area contributed by atoms with Gasteiger partial charge >= 0.3 is 5.69 Å². The third-order valence-electron chi connectivity index (χ3n) is 2.93. The number of aromatic nitrogens is 2. The molecule has 0 saturated carbocycles. The monoisotopic (exact) mass is 310 g/mol. The van der Waals surface area contributed by atoms with E-state index in [0.717, 1.165) is 22.2 Å². The standard InChI is InChI=1S/C12H8BrClN2O/c13-8-1-2-9-7(5-8)3-4-16-10(9)6-11(14)15-12(16)17/h1-2,5-6H,3-4H2. The first kappa shape index (κ1) is 11.0. The van der Waals surface area contributed by atoms with Gasteiger partial charge in [0.15, 0.2) is 0 Å².